The van der Waals surface area contributed by atoms with Gasteiger partial charge >= 0.3 is 6.03 Å². The van der Waals surface area contributed by atoms with Crippen molar-refractivity contribution in [1.82, 2.24) is 10.0 Å². The smallest absolute Gasteiger partial charge is 0.328 e. The number of benzene rings is 1. The second-order valence-corrected chi connectivity index (χ2v) is 8.87. The fourth-order valence-electron chi connectivity index (χ4n) is 2.41. The molecule has 0 atom stereocenters. The molecule has 0 aliphatic heterocycles. The molecule has 1 aromatic heterocycles. The van der Waals surface area contributed by atoms with Crippen molar-refractivity contribution in [2.75, 3.05) is 11.6 Å². The van der Waals surface area contributed by atoms with E-state index in [9.17, 15) is 13.2 Å². The van der Waals surface area contributed by atoms with E-state index < -0.39 is 16.1 Å². The zero-order valence-electron chi connectivity index (χ0n) is 15.8. The first kappa shape index (κ1) is 21.0. The second kappa shape index (κ2) is 9.09. The van der Waals surface area contributed by atoms with Crippen LogP contribution in [0.15, 0.2) is 47.6 Å². The molecule has 0 unspecified atom stereocenters. The number of thioether (sulfide) groups is 1. The molecule has 0 spiro atoms. The molecule has 2 rings (SSSR count). The molecule has 0 bridgehead atoms. The van der Waals surface area contributed by atoms with Crippen molar-refractivity contribution in [3.8, 4) is 0 Å². The number of rotatable bonds is 7. The molecule has 0 aliphatic rings. The predicted molar refractivity (Wildman–Crippen MR) is 109 cm³/mol. The van der Waals surface area contributed by atoms with Crippen LogP contribution in [0.3, 0.4) is 0 Å². The van der Waals surface area contributed by atoms with Crippen molar-refractivity contribution in [3.63, 3.8) is 0 Å². The Kier molecular flexibility index (Phi) is 7.09. The summed E-state index contributed by atoms with van der Waals surface area (Å²) in [6, 6.07) is 8.36. The van der Waals surface area contributed by atoms with E-state index in [0.717, 1.165) is 11.3 Å². The summed E-state index contributed by atoms with van der Waals surface area (Å²) in [7, 11) is -4.06. The van der Waals surface area contributed by atoms with Crippen LogP contribution in [-0.4, -0.2) is 26.7 Å². The van der Waals surface area contributed by atoms with E-state index in [-0.39, 0.29) is 10.9 Å². The highest BCUT2D eigenvalue weighted by molar-refractivity contribution is 7.97. The van der Waals surface area contributed by atoms with Crippen molar-refractivity contribution >= 4 is 39.2 Å². The van der Waals surface area contributed by atoms with Crippen LogP contribution in [0.1, 0.15) is 19.4 Å². The molecule has 9 heteroatoms. The Bertz CT molecular complexity index is 915. The molecule has 0 saturated heterocycles. The number of hydrogen-bond donors (Lipinski definition) is 3. The fraction of sp³-hybridized carbons (Fsp3) is 0.333. The van der Waals surface area contributed by atoms with Gasteiger partial charge in [-0.05, 0) is 44.7 Å². The van der Waals surface area contributed by atoms with Crippen molar-refractivity contribution in [2.24, 2.45) is 0 Å². The van der Waals surface area contributed by atoms with Crippen molar-refractivity contribution in [2.45, 2.75) is 37.6 Å². The molecule has 146 valence electrons. The third kappa shape index (κ3) is 6.14. The van der Waals surface area contributed by atoms with Gasteiger partial charge in [0.25, 0.3) is 10.0 Å². The van der Waals surface area contributed by atoms with Gasteiger partial charge in [0, 0.05) is 17.8 Å². The topological polar surface area (TPSA) is 91.2 Å². The number of nitrogens with zero attached hydrogens (tertiary/aromatic N) is 1. The Morgan fingerprint density at radius 2 is 2.00 bits per heavy atom. The van der Waals surface area contributed by atoms with Gasteiger partial charge in [-0.3, -0.25) is 0 Å². The minimum absolute atomic E-state index is 0.000498. The first-order valence-electron chi connectivity index (χ1n) is 8.40. The number of urea groups is 1. The Morgan fingerprint density at radius 3 is 2.63 bits per heavy atom. The first-order chi connectivity index (χ1) is 12.7. The zero-order chi connectivity index (χ0) is 20.0. The lowest BCUT2D eigenvalue weighted by Crippen LogP contribution is -2.43. The van der Waals surface area contributed by atoms with Gasteiger partial charge in [-0.25, -0.2) is 17.9 Å². The Balaban J connectivity index is 2.41. The maximum absolute atomic E-state index is 12.8. The summed E-state index contributed by atoms with van der Waals surface area (Å²) in [4.78, 5) is 11.9. The summed E-state index contributed by atoms with van der Waals surface area (Å²) in [6.07, 6.45) is 5.23. The SMILES string of the molecule is CSC[n+]1ccc(Nc2cccc(C)c2)c(S(=O)(=O)NC(=O)NC(C)C)c1. The fourth-order valence-corrected chi connectivity index (χ4v) is 3.96. The van der Waals surface area contributed by atoms with Crippen molar-refractivity contribution in [1.29, 1.82) is 0 Å². The highest BCUT2D eigenvalue weighted by atomic mass is 32.2. The zero-order valence-corrected chi connectivity index (χ0v) is 17.4. The van der Waals surface area contributed by atoms with Crippen LogP contribution in [-0.2, 0) is 15.9 Å². The third-order valence-corrected chi connectivity index (χ3v) is 5.41. The van der Waals surface area contributed by atoms with Gasteiger partial charge in [-0.1, -0.05) is 23.9 Å². The number of amides is 2. The van der Waals surface area contributed by atoms with Gasteiger partial charge < -0.3 is 10.6 Å². The summed E-state index contributed by atoms with van der Waals surface area (Å²) in [5.74, 6) is 0.589. The van der Waals surface area contributed by atoms with Crippen molar-refractivity contribution < 1.29 is 17.8 Å². The molecule has 0 saturated carbocycles. The predicted octanol–water partition coefficient (Wildman–Crippen LogP) is 2.74. The van der Waals surface area contributed by atoms with E-state index in [1.807, 2.05) is 37.4 Å². The van der Waals surface area contributed by atoms with E-state index in [0.29, 0.717) is 11.6 Å². The normalized spacial score (nSPS) is 11.3. The van der Waals surface area contributed by atoms with E-state index >= 15 is 0 Å². The van der Waals surface area contributed by atoms with Crippen LogP contribution in [0, 0.1) is 6.92 Å². The molecule has 2 amide bonds. The number of hydrogen-bond acceptors (Lipinski definition) is 5. The molecule has 3 N–H and O–H groups in total. The molecule has 0 radical (unpaired) electrons. The highest BCUT2D eigenvalue weighted by Gasteiger charge is 2.25. The second-order valence-electron chi connectivity index (χ2n) is 6.38. The Hall–Kier alpha value is -2.26. The van der Waals surface area contributed by atoms with E-state index in [2.05, 4.69) is 15.4 Å². The molecular formula is C18H25N4O3S2+. The van der Waals surface area contributed by atoms with Gasteiger partial charge in [0.2, 0.25) is 0 Å². The van der Waals surface area contributed by atoms with E-state index in [4.69, 9.17) is 0 Å². The van der Waals surface area contributed by atoms with Gasteiger partial charge in [0.05, 0.1) is 5.69 Å². The summed E-state index contributed by atoms with van der Waals surface area (Å²) in [5, 5.41) is 5.66. The Labute approximate surface area is 164 Å². The molecular weight excluding hydrogens is 384 g/mol. The number of pyridine rings is 1. The van der Waals surface area contributed by atoms with Crippen LogP contribution < -0.4 is 19.9 Å². The van der Waals surface area contributed by atoms with Crippen LogP contribution in [0.25, 0.3) is 0 Å². The Morgan fingerprint density at radius 1 is 1.26 bits per heavy atom. The molecule has 1 aromatic carbocycles. The number of aromatic nitrogens is 1. The highest BCUT2D eigenvalue weighted by Crippen LogP contribution is 2.24. The quantitative estimate of drug-likeness (QED) is 0.612. The first-order valence-corrected chi connectivity index (χ1v) is 11.3. The molecule has 2 aromatic rings. The minimum Gasteiger partial charge on any atom is -0.354 e. The number of carbonyl (C=O) groups excluding carboxylic acids is 1. The standard InChI is InChI=1S/C18H24N4O3S2/c1-13(2)19-18(23)21-27(24,25)17-11-22(12-26-4)9-8-16(17)20-15-7-5-6-14(3)10-15/h5-11,13H,12H2,1-4H3,(H2,19,21,23)/p+1. The largest absolute Gasteiger partial charge is 0.354 e. The summed E-state index contributed by atoms with van der Waals surface area (Å²) < 4.78 is 29.5. The van der Waals surface area contributed by atoms with Gasteiger partial charge in [-0.2, -0.15) is 4.57 Å². The lowest BCUT2D eigenvalue weighted by molar-refractivity contribution is -0.677. The van der Waals surface area contributed by atoms with E-state index in [1.54, 1.807) is 42.4 Å². The molecule has 27 heavy (non-hydrogen) atoms. The van der Waals surface area contributed by atoms with Crippen LogP contribution in [0.5, 0.6) is 0 Å². The number of nitrogens with one attached hydrogen (secondary N) is 3. The molecule has 7 nitrogen and oxygen atoms in total. The monoisotopic (exact) mass is 409 g/mol. The molecule has 0 aliphatic carbocycles. The van der Waals surface area contributed by atoms with Crippen LogP contribution >= 0.6 is 11.8 Å². The number of sulfonamides is 1. The van der Waals surface area contributed by atoms with Crippen molar-refractivity contribution in [3.05, 3.63) is 48.3 Å². The van der Waals surface area contributed by atoms with E-state index in [1.165, 1.54) is 6.20 Å². The molecule has 1 heterocycles. The summed E-state index contributed by atoms with van der Waals surface area (Å²) >= 11 is 1.56. The lowest BCUT2D eigenvalue weighted by Gasteiger charge is -2.14. The van der Waals surface area contributed by atoms with Gasteiger partial charge in [0.1, 0.15) is 0 Å². The number of carbonyl (C=O) groups is 1. The average molecular weight is 410 g/mol. The summed E-state index contributed by atoms with van der Waals surface area (Å²) in [6.45, 7) is 5.47. The maximum Gasteiger partial charge on any atom is 0.328 e. The lowest BCUT2D eigenvalue weighted by atomic mass is 10.2. The van der Waals surface area contributed by atoms with Crippen LogP contribution in [0.2, 0.25) is 0 Å². The van der Waals surface area contributed by atoms with Gasteiger partial charge in [-0.15, -0.1) is 0 Å². The van der Waals surface area contributed by atoms with Gasteiger partial charge in [0.15, 0.2) is 23.2 Å². The molecule has 0 fully saturated rings. The minimum atomic E-state index is -4.06. The maximum atomic E-state index is 12.8. The third-order valence-electron chi connectivity index (χ3n) is 3.49. The average Bonchev–Trinajstić information content (AvgIpc) is 2.55. The summed E-state index contributed by atoms with van der Waals surface area (Å²) in [5.41, 5.74) is 2.20. The number of anilines is 2. The number of aryl methyl sites for hydroxylation is 1. The van der Waals surface area contributed by atoms with Crippen LogP contribution in [0.4, 0.5) is 16.2 Å².